The molecule has 0 spiro atoms. The van der Waals surface area contributed by atoms with E-state index in [1.54, 1.807) is 0 Å². The number of aromatic nitrogens is 2. The van der Waals surface area contributed by atoms with Gasteiger partial charge in [-0.1, -0.05) is 243 Å². The van der Waals surface area contributed by atoms with Crippen molar-refractivity contribution in [3.8, 4) is 62.0 Å². The number of nitrogens with zero attached hydrogens (tertiary/aromatic N) is 5. The second kappa shape index (κ2) is 21.5. The summed E-state index contributed by atoms with van der Waals surface area (Å²) in [6.07, 6.45) is 1.46. The van der Waals surface area contributed by atoms with Crippen molar-refractivity contribution in [1.82, 2.24) is 9.13 Å². The Morgan fingerprint density at radius 2 is 0.618 bits per heavy atom. The zero-order valence-corrected chi connectivity index (χ0v) is 49.0. The van der Waals surface area contributed by atoms with Gasteiger partial charge in [0.25, 0.3) is 6.71 Å². The van der Waals surface area contributed by atoms with Crippen molar-refractivity contribution in [1.29, 1.82) is 5.26 Å². The van der Waals surface area contributed by atoms with Gasteiger partial charge >= 0.3 is 0 Å². The van der Waals surface area contributed by atoms with Gasteiger partial charge in [-0.3, -0.25) is 0 Å². The molecule has 13 aromatic carbocycles. The zero-order valence-electron chi connectivity index (χ0n) is 49.0. The molecule has 0 atom stereocenters. The number of nitriles is 1. The Labute approximate surface area is 518 Å². The van der Waals surface area contributed by atoms with E-state index in [1.807, 2.05) is 0 Å². The average Bonchev–Trinajstić information content (AvgIpc) is 0.980. The number of hydrogen-bond donors (Lipinski definition) is 0. The second-order valence-electron chi connectivity index (χ2n) is 23.6. The maximum absolute atomic E-state index is 11.5. The zero-order chi connectivity index (χ0) is 58.9. The lowest BCUT2D eigenvalue weighted by Crippen LogP contribution is -2.62. The number of hydrogen-bond acceptors (Lipinski definition) is 3. The first-order valence-corrected chi connectivity index (χ1v) is 31.0. The van der Waals surface area contributed by atoms with Gasteiger partial charge in [0.1, 0.15) is 0 Å². The molecule has 15 aromatic rings. The van der Waals surface area contributed by atoms with Crippen LogP contribution < -0.4 is 26.2 Å². The SMILES string of the molecule is N#Cc1cc2c3c(c1)N(CCc1c(-c4ccccc4)cccc1-c1ccccc1)c1cc(-n4c5ccccc5c5ccccc54)ccc1B3c1ccc(-n3c4ccccc4c4ccccc43)cc1N2CCc1c(-c2ccccc2)cccc1-c1ccccc1. The Morgan fingerprint density at radius 1 is 0.303 bits per heavy atom. The maximum atomic E-state index is 11.5. The number of anilines is 4. The monoisotopic (exact) mass is 1140 g/mol. The van der Waals surface area contributed by atoms with Crippen molar-refractivity contribution in [2.45, 2.75) is 12.8 Å². The quantitative estimate of drug-likeness (QED) is 0.114. The molecule has 0 amide bonds. The van der Waals surface area contributed by atoms with Gasteiger partial charge in [0.05, 0.1) is 33.7 Å². The molecule has 2 aliphatic heterocycles. The minimum Gasteiger partial charge on any atom is -0.342 e. The van der Waals surface area contributed by atoms with Gasteiger partial charge in [-0.15, -0.1) is 0 Å². The Bertz CT molecular complexity index is 4750. The first-order valence-electron chi connectivity index (χ1n) is 31.0. The molecular formula is C83H58BN5. The van der Waals surface area contributed by atoms with Gasteiger partial charge in [0.2, 0.25) is 0 Å². The largest absolute Gasteiger partial charge is 0.342 e. The average molecular weight is 1140 g/mol. The minimum atomic E-state index is -0.169. The second-order valence-corrected chi connectivity index (χ2v) is 23.6. The van der Waals surface area contributed by atoms with E-state index in [-0.39, 0.29) is 6.71 Å². The fourth-order valence-corrected chi connectivity index (χ4v) is 15.1. The first kappa shape index (κ1) is 52.0. The predicted molar refractivity (Wildman–Crippen MR) is 373 cm³/mol. The standard InChI is InChI=1S/C83H58BN5/c85-55-56-51-81-83-82(52-56)87(50-48-68-65(59-27-9-3-10-28-59)37-22-38-66(68)60-29-11-4-12-30-60)80-54-62(89-77-41-19-15-33-71(77)72-34-16-20-42-78(72)89)44-46-74(80)84(83)73-45-43-61(88-75-39-17-13-31-69(75)70-32-14-18-40-76(70)88)53-79(73)86(81)49-47-67-63(57-23-5-1-6-24-57)35-21-36-64(67)58-25-7-2-8-26-58/h1-46,51-54H,47-50H2. The molecule has 0 radical (unpaired) electrons. The van der Waals surface area contributed by atoms with E-state index >= 15 is 0 Å². The Morgan fingerprint density at radius 3 is 0.944 bits per heavy atom. The summed E-state index contributed by atoms with van der Waals surface area (Å²) in [4.78, 5) is 5.15. The molecule has 418 valence electrons. The highest BCUT2D eigenvalue weighted by molar-refractivity contribution is 7.00. The number of fused-ring (bicyclic) bond motifs is 10. The summed E-state index contributed by atoms with van der Waals surface area (Å²) >= 11 is 0. The van der Waals surface area contributed by atoms with Crippen LogP contribution in [0, 0.1) is 11.3 Å². The third-order valence-electron chi connectivity index (χ3n) is 18.9. The van der Waals surface area contributed by atoms with E-state index in [0.717, 1.165) is 69.0 Å². The van der Waals surface area contributed by atoms with Gasteiger partial charge < -0.3 is 18.9 Å². The highest BCUT2D eigenvalue weighted by Crippen LogP contribution is 2.44. The number of para-hydroxylation sites is 4. The summed E-state index contributed by atoms with van der Waals surface area (Å²) in [5.74, 6) is 0. The highest BCUT2D eigenvalue weighted by atomic mass is 15.2. The van der Waals surface area contributed by atoms with Gasteiger partial charge in [-0.2, -0.15) is 5.26 Å². The molecule has 2 aromatic heterocycles. The molecular weight excluding hydrogens is 1080 g/mol. The topological polar surface area (TPSA) is 40.1 Å². The molecule has 17 rings (SSSR count). The van der Waals surface area contributed by atoms with Crippen molar-refractivity contribution >= 4 is 89.5 Å². The summed E-state index contributed by atoms with van der Waals surface area (Å²) in [6, 6.07) is 114. The van der Waals surface area contributed by atoms with Crippen LogP contribution in [0.1, 0.15) is 16.7 Å². The summed E-state index contributed by atoms with van der Waals surface area (Å²) in [5.41, 5.74) is 27.7. The van der Waals surface area contributed by atoms with Crippen LogP contribution in [0.25, 0.3) is 99.5 Å². The summed E-state index contributed by atoms with van der Waals surface area (Å²) < 4.78 is 4.89. The van der Waals surface area contributed by atoms with E-state index in [0.29, 0.717) is 18.7 Å². The van der Waals surface area contributed by atoms with Crippen LogP contribution in [-0.2, 0) is 12.8 Å². The molecule has 4 heterocycles. The van der Waals surface area contributed by atoms with Crippen LogP contribution in [-0.4, -0.2) is 28.9 Å². The molecule has 0 unspecified atom stereocenters. The molecule has 0 aliphatic carbocycles. The van der Waals surface area contributed by atoms with E-state index in [9.17, 15) is 5.26 Å². The summed E-state index contributed by atoms with van der Waals surface area (Å²) in [7, 11) is 0. The molecule has 0 N–H and O–H groups in total. The highest BCUT2D eigenvalue weighted by Gasteiger charge is 2.43. The van der Waals surface area contributed by atoms with Crippen LogP contribution >= 0.6 is 0 Å². The minimum absolute atomic E-state index is 0.169. The molecule has 0 bridgehead atoms. The van der Waals surface area contributed by atoms with Crippen molar-refractivity contribution in [2.24, 2.45) is 0 Å². The normalized spacial score (nSPS) is 12.4. The predicted octanol–water partition coefficient (Wildman–Crippen LogP) is 18.3. The van der Waals surface area contributed by atoms with Crippen molar-refractivity contribution < 1.29 is 0 Å². The number of benzene rings is 13. The smallest absolute Gasteiger partial charge is 0.252 e. The van der Waals surface area contributed by atoms with Crippen molar-refractivity contribution in [3.63, 3.8) is 0 Å². The Balaban J connectivity index is 0.910. The molecule has 89 heavy (non-hydrogen) atoms. The van der Waals surface area contributed by atoms with Gasteiger partial charge in [0.15, 0.2) is 0 Å². The molecule has 0 saturated heterocycles. The molecule has 5 nitrogen and oxygen atoms in total. The van der Waals surface area contributed by atoms with Gasteiger partial charge in [-0.05, 0) is 146 Å². The lowest BCUT2D eigenvalue weighted by atomic mass is 9.33. The van der Waals surface area contributed by atoms with Crippen molar-refractivity contribution in [3.05, 3.63) is 320 Å². The van der Waals surface area contributed by atoms with Crippen LogP contribution in [0.4, 0.5) is 22.7 Å². The summed E-state index contributed by atoms with van der Waals surface area (Å²) in [6.45, 7) is 1.12. The van der Waals surface area contributed by atoms with Crippen molar-refractivity contribution in [2.75, 3.05) is 22.9 Å². The number of rotatable bonds is 12. The Hall–Kier alpha value is -11.4. The van der Waals surface area contributed by atoms with Crippen LogP contribution in [0.3, 0.4) is 0 Å². The van der Waals surface area contributed by atoms with Gasteiger partial charge in [-0.25, -0.2) is 0 Å². The fourth-order valence-electron chi connectivity index (χ4n) is 15.1. The summed E-state index contributed by atoms with van der Waals surface area (Å²) in [5, 5.41) is 16.4. The molecule has 2 aliphatic rings. The van der Waals surface area contributed by atoms with Crippen LogP contribution in [0.15, 0.2) is 303 Å². The third kappa shape index (κ3) is 8.61. The van der Waals surface area contributed by atoms with E-state index < -0.39 is 0 Å². The van der Waals surface area contributed by atoms with Gasteiger partial charge in [0, 0.05) is 68.8 Å². The van der Waals surface area contributed by atoms with E-state index in [4.69, 9.17) is 0 Å². The van der Waals surface area contributed by atoms with E-state index in [2.05, 4.69) is 328 Å². The molecule has 0 saturated carbocycles. The first-order chi connectivity index (χ1) is 44.1. The van der Waals surface area contributed by atoms with Crippen LogP contribution in [0.2, 0.25) is 0 Å². The third-order valence-corrected chi connectivity index (χ3v) is 18.9. The lowest BCUT2D eigenvalue weighted by molar-refractivity contribution is 0.906. The maximum Gasteiger partial charge on any atom is 0.252 e. The Kier molecular flexibility index (Phi) is 12.6. The van der Waals surface area contributed by atoms with Crippen LogP contribution in [0.5, 0.6) is 0 Å². The van der Waals surface area contributed by atoms with E-state index in [1.165, 1.54) is 93.6 Å². The molecule has 0 fully saturated rings. The fraction of sp³-hybridized carbons (Fsp3) is 0.0482. The lowest BCUT2D eigenvalue weighted by Gasteiger charge is -2.44. The molecule has 6 heteroatoms.